The third-order valence-electron chi connectivity index (χ3n) is 2.10. The summed E-state index contributed by atoms with van der Waals surface area (Å²) in [7, 11) is -3.73. The fourth-order valence-electron chi connectivity index (χ4n) is 1.19. The van der Waals surface area contributed by atoms with E-state index in [1.54, 1.807) is 0 Å². The Labute approximate surface area is 109 Å². The van der Waals surface area contributed by atoms with Crippen LogP contribution in [0.25, 0.3) is 0 Å². The molecule has 0 unspecified atom stereocenters. The predicted molar refractivity (Wildman–Crippen MR) is 66.4 cm³/mol. The minimum atomic E-state index is -3.73. The van der Waals surface area contributed by atoms with E-state index in [-0.39, 0.29) is 11.4 Å². The Morgan fingerprint density at radius 1 is 1.21 bits per heavy atom. The minimum absolute atomic E-state index is 0.0200. The highest BCUT2D eigenvalue weighted by Crippen LogP contribution is 2.08. The zero-order chi connectivity index (χ0) is 14.5. The molecule has 1 rings (SSSR count). The normalized spacial score (nSPS) is 11.4. The molecule has 7 nitrogen and oxygen atoms in total. The second-order valence-corrected chi connectivity index (χ2v) is 5.14. The summed E-state index contributed by atoms with van der Waals surface area (Å²) in [5, 5.41) is 15.7. The van der Waals surface area contributed by atoms with Crippen LogP contribution in [-0.2, 0) is 26.2 Å². The summed E-state index contributed by atoms with van der Waals surface area (Å²) in [6.07, 6.45) is 1.61. The predicted octanol–water partition coefficient (Wildman–Crippen LogP) is -0.409. The Balaban J connectivity index is 2.60. The summed E-state index contributed by atoms with van der Waals surface area (Å²) in [5.41, 5.74) is 0.657. The molecule has 1 aromatic rings. The molecule has 0 aliphatic carbocycles. The van der Waals surface area contributed by atoms with Crippen LogP contribution in [0, 0.1) is 0 Å². The second kappa shape index (κ2) is 6.12. The van der Waals surface area contributed by atoms with Gasteiger partial charge < -0.3 is 10.4 Å². The highest BCUT2D eigenvalue weighted by molar-refractivity contribution is 7.89. The SMILES string of the molecule is NS(=O)(=O)c1ccc(CNC(=O)/C=C/C(=O)O)cc1. The average molecular weight is 284 g/mol. The number of hydrogen-bond donors (Lipinski definition) is 3. The summed E-state index contributed by atoms with van der Waals surface area (Å²) in [6.45, 7) is 0.147. The molecule has 1 amide bonds. The van der Waals surface area contributed by atoms with Crippen molar-refractivity contribution in [2.45, 2.75) is 11.4 Å². The second-order valence-electron chi connectivity index (χ2n) is 3.58. The molecule has 1 aromatic carbocycles. The van der Waals surface area contributed by atoms with Gasteiger partial charge in [0, 0.05) is 18.7 Å². The highest BCUT2D eigenvalue weighted by atomic mass is 32.2. The number of carboxylic acid groups (broad SMARTS) is 1. The van der Waals surface area contributed by atoms with Gasteiger partial charge in [0.1, 0.15) is 0 Å². The average Bonchev–Trinajstić information content (AvgIpc) is 2.33. The number of primary sulfonamides is 1. The van der Waals surface area contributed by atoms with E-state index in [0.29, 0.717) is 5.56 Å². The first kappa shape index (κ1) is 14.9. The first-order valence-corrected chi connectivity index (χ1v) is 6.64. The van der Waals surface area contributed by atoms with Crippen molar-refractivity contribution < 1.29 is 23.1 Å². The van der Waals surface area contributed by atoms with Crippen LogP contribution in [0.15, 0.2) is 41.3 Å². The summed E-state index contributed by atoms with van der Waals surface area (Å²) >= 11 is 0. The third-order valence-corrected chi connectivity index (χ3v) is 3.03. The van der Waals surface area contributed by atoms with Crippen molar-refractivity contribution in [2.24, 2.45) is 5.14 Å². The van der Waals surface area contributed by atoms with Crippen molar-refractivity contribution >= 4 is 21.9 Å². The van der Waals surface area contributed by atoms with Crippen LogP contribution in [0.2, 0.25) is 0 Å². The van der Waals surface area contributed by atoms with Crippen molar-refractivity contribution in [2.75, 3.05) is 0 Å². The summed E-state index contributed by atoms with van der Waals surface area (Å²) in [4.78, 5) is 21.3. The number of sulfonamides is 1. The third kappa shape index (κ3) is 5.32. The Morgan fingerprint density at radius 3 is 2.26 bits per heavy atom. The zero-order valence-electron chi connectivity index (χ0n) is 9.74. The topological polar surface area (TPSA) is 127 Å². The van der Waals surface area contributed by atoms with E-state index in [2.05, 4.69) is 5.32 Å². The maximum atomic E-state index is 11.2. The lowest BCUT2D eigenvalue weighted by molar-refractivity contribution is -0.131. The summed E-state index contributed by atoms with van der Waals surface area (Å²) in [6, 6.07) is 5.65. The molecular formula is C11H12N2O5S. The van der Waals surface area contributed by atoms with Crippen molar-refractivity contribution in [1.82, 2.24) is 5.32 Å². The van der Waals surface area contributed by atoms with E-state index < -0.39 is 21.9 Å². The zero-order valence-corrected chi connectivity index (χ0v) is 10.6. The minimum Gasteiger partial charge on any atom is -0.478 e. The van der Waals surface area contributed by atoms with Gasteiger partial charge in [-0.25, -0.2) is 18.4 Å². The lowest BCUT2D eigenvalue weighted by Gasteiger charge is -2.03. The molecule has 0 heterocycles. The van der Waals surface area contributed by atoms with Crippen molar-refractivity contribution in [3.05, 3.63) is 42.0 Å². The molecule has 0 spiro atoms. The van der Waals surface area contributed by atoms with Gasteiger partial charge in [0.25, 0.3) is 0 Å². The van der Waals surface area contributed by atoms with Gasteiger partial charge in [0.15, 0.2) is 0 Å². The number of carbonyl (C=O) groups excluding carboxylic acids is 1. The molecule has 0 radical (unpaired) electrons. The van der Waals surface area contributed by atoms with E-state index in [9.17, 15) is 18.0 Å². The number of nitrogens with one attached hydrogen (secondary N) is 1. The summed E-state index contributed by atoms with van der Waals surface area (Å²) < 4.78 is 22.0. The standard InChI is InChI=1S/C11H12N2O5S/c12-19(17,18)9-3-1-8(2-4-9)7-13-10(14)5-6-11(15)16/h1-6H,7H2,(H,13,14)(H,15,16)(H2,12,17,18)/b6-5+. The first-order chi connectivity index (χ1) is 8.79. The number of nitrogens with two attached hydrogens (primary N) is 1. The number of rotatable bonds is 5. The van der Waals surface area contributed by atoms with Gasteiger partial charge in [0.05, 0.1) is 4.90 Å². The highest BCUT2D eigenvalue weighted by Gasteiger charge is 2.06. The Hall–Kier alpha value is -2.19. The molecule has 0 aromatic heterocycles. The van der Waals surface area contributed by atoms with Crippen LogP contribution in [0.5, 0.6) is 0 Å². The largest absolute Gasteiger partial charge is 0.478 e. The van der Waals surface area contributed by atoms with Gasteiger partial charge in [-0.3, -0.25) is 4.79 Å². The molecule has 0 saturated carbocycles. The number of aliphatic carboxylic acids is 1. The Morgan fingerprint density at radius 2 is 1.79 bits per heavy atom. The van der Waals surface area contributed by atoms with Crippen molar-refractivity contribution in [3.8, 4) is 0 Å². The van der Waals surface area contributed by atoms with Gasteiger partial charge >= 0.3 is 5.97 Å². The number of carboxylic acids is 1. The fraction of sp³-hybridized carbons (Fsp3) is 0.0909. The quantitative estimate of drug-likeness (QED) is 0.633. The maximum absolute atomic E-state index is 11.2. The van der Waals surface area contributed by atoms with E-state index in [0.717, 1.165) is 12.2 Å². The number of hydrogen-bond acceptors (Lipinski definition) is 4. The number of amides is 1. The molecule has 0 bridgehead atoms. The molecule has 102 valence electrons. The molecular weight excluding hydrogens is 272 g/mol. The number of carbonyl (C=O) groups is 2. The fourth-order valence-corrected chi connectivity index (χ4v) is 1.71. The van der Waals surface area contributed by atoms with Crippen LogP contribution in [0.1, 0.15) is 5.56 Å². The van der Waals surface area contributed by atoms with Crippen LogP contribution >= 0.6 is 0 Å². The van der Waals surface area contributed by atoms with Gasteiger partial charge in [0.2, 0.25) is 15.9 Å². The molecule has 0 saturated heterocycles. The summed E-state index contributed by atoms with van der Waals surface area (Å²) in [5.74, 6) is -1.77. The van der Waals surface area contributed by atoms with E-state index in [1.807, 2.05) is 0 Å². The van der Waals surface area contributed by atoms with Gasteiger partial charge in [-0.05, 0) is 17.7 Å². The van der Waals surface area contributed by atoms with E-state index in [1.165, 1.54) is 24.3 Å². The molecule has 0 aliphatic rings. The monoisotopic (exact) mass is 284 g/mol. The molecule has 4 N–H and O–H groups in total. The molecule has 8 heteroatoms. The lowest BCUT2D eigenvalue weighted by Crippen LogP contribution is -2.20. The van der Waals surface area contributed by atoms with Gasteiger partial charge in [-0.1, -0.05) is 12.1 Å². The van der Waals surface area contributed by atoms with E-state index in [4.69, 9.17) is 10.2 Å². The molecule has 19 heavy (non-hydrogen) atoms. The molecule has 0 atom stereocenters. The van der Waals surface area contributed by atoms with Gasteiger partial charge in [-0.15, -0.1) is 0 Å². The maximum Gasteiger partial charge on any atom is 0.328 e. The van der Waals surface area contributed by atoms with Gasteiger partial charge in [-0.2, -0.15) is 0 Å². The molecule has 0 aliphatic heterocycles. The Kier molecular flexibility index (Phi) is 4.79. The van der Waals surface area contributed by atoms with E-state index >= 15 is 0 Å². The molecule has 0 fully saturated rings. The van der Waals surface area contributed by atoms with Crippen LogP contribution in [-0.4, -0.2) is 25.4 Å². The smallest absolute Gasteiger partial charge is 0.328 e. The Bertz CT molecular complexity index is 604. The van der Waals surface area contributed by atoms with Crippen LogP contribution < -0.4 is 10.5 Å². The van der Waals surface area contributed by atoms with Crippen LogP contribution in [0.3, 0.4) is 0 Å². The van der Waals surface area contributed by atoms with Crippen molar-refractivity contribution in [1.29, 1.82) is 0 Å². The first-order valence-electron chi connectivity index (χ1n) is 5.09. The van der Waals surface area contributed by atoms with Crippen molar-refractivity contribution in [3.63, 3.8) is 0 Å². The number of benzene rings is 1. The van der Waals surface area contributed by atoms with Crippen LogP contribution in [0.4, 0.5) is 0 Å². The lowest BCUT2D eigenvalue weighted by atomic mass is 10.2.